The number of benzene rings is 2. The molecule has 142 valence electrons. The van der Waals surface area contributed by atoms with Crippen molar-refractivity contribution >= 4 is 23.5 Å². The van der Waals surface area contributed by atoms with Gasteiger partial charge in [0.25, 0.3) is 5.91 Å². The number of ether oxygens (including phenoxy) is 4. The van der Waals surface area contributed by atoms with E-state index in [4.69, 9.17) is 14.2 Å². The summed E-state index contributed by atoms with van der Waals surface area (Å²) < 4.78 is 19.8. The molecule has 1 N–H and O–H groups in total. The second-order valence-electron chi connectivity index (χ2n) is 5.30. The third-order valence-corrected chi connectivity index (χ3v) is 3.49. The Morgan fingerprint density at radius 1 is 0.852 bits per heavy atom. The minimum absolute atomic E-state index is 0.187. The molecule has 2 aromatic rings. The number of methoxy groups -OCH3 is 3. The quantitative estimate of drug-likeness (QED) is 0.743. The molecular weight excluding hydrogens is 354 g/mol. The van der Waals surface area contributed by atoms with Crippen LogP contribution in [0.3, 0.4) is 0 Å². The second kappa shape index (κ2) is 9.23. The molecule has 8 heteroatoms. The van der Waals surface area contributed by atoms with Gasteiger partial charge in [0.15, 0.2) is 6.61 Å². The third-order valence-electron chi connectivity index (χ3n) is 3.49. The molecule has 0 spiro atoms. The minimum Gasteiger partial charge on any atom is -0.497 e. The average molecular weight is 373 g/mol. The Kier molecular flexibility index (Phi) is 6.76. The van der Waals surface area contributed by atoms with Crippen molar-refractivity contribution in [2.45, 2.75) is 0 Å². The van der Waals surface area contributed by atoms with E-state index in [-0.39, 0.29) is 11.1 Å². The van der Waals surface area contributed by atoms with Gasteiger partial charge in [0.1, 0.15) is 11.5 Å². The molecule has 2 aromatic carbocycles. The van der Waals surface area contributed by atoms with E-state index in [2.05, 4.69) is 10.1 Å². The van der Waals surface area contributed by atoms with Crippen LogP contribution in [-0.2, 0) is 14.3 Å². The van der Waals surface area contributed by atoms with Gasteiger partial charge < -0.3 is 24.3 Å². The van der Waals surface area contributed by atoms with Gasteiger partial charge in [-0.15, -0.1) is 0 Å². The van der Waals surface area contributed by atoms with Crippen LogP contribution < -0.4 is 14.8 Å². The highest BCUT2D eigenvalue weighted by Gasteiger charge is 2.14. The van der Waals surface area contributed by atoms with Gasteiger partial charge >= 0.3 is 11.9 Å². The Labute approximate surface area is 156 Å². The molecule has 0 aliphatic heterocycles. The second-order valence-corrected chi connectivity index (χ2v) is 5.30. The molecule has 0 bridgehead atoms. The normalized spacial score (nSPS) is 9.89. The van der Waals surface area contributed by atoms with Gasteiger partial charge in [0, 0.05) is 11.8 Å². The van der Waals surface area contributed by atoms with E-state index < -0.39 is 24.5 Å². The Morgan fingerprint density at radius 2 is 1.52 bits per heavy atom. The average Bonchev–Trinajstić information content (AvgIpc) is 2.70. The van der Waals surface area contributed by atoms with Crippen molar-refractivity contribution in [1.29, 1.82) is 0 Å². The van der Waals surface area contributed by atoms with Crippen LogP contribution in [0.5, 0.6) is 11.5 Å². The number of amides is 1. The number of hydrogen-bond acceptors (Lipinski definition) is 7. The first-order valence-corrected chi connectivity index (χ1v) is 7.85. The first-order chi connectivity index (χ1) is 13.0. The zero-order valence-corrected chi connectivity index (χ0v) is 15.1. The van der Waals surface area contributed by atoms with Crippen LogP contribution in [0, 0.1) is 0 Å². The Morgan fingerprint density at radius 3 is 2.11 bits per heavy atom. The van der Waals surface area contributed by atoms with Crippen molar-refractivity contribution < 1.29 is 33.3 Å². The zero-order chi connectivity index (χ0) is 19.8. The summed E-state index contributed by atoms with van der Waals surface area (Å²) in [5.41, 5.74) is 0.851. The monoisotopic (exact) mass is 373 g/mol. The van der Waals surface area contributed by atoms with E-state index in [1.54, 1.807) is 24.3 Å². The van der Waals surface area contributed by atoms with Crippen molar-refractivity contribution in [2.75, 3.05) is 33.3 Å². The molecule has 8 nitrogen and oxygen atoms in total. The molecule has 0 radical (unpaired) electrons. The van der Waals surface area contributed by atoms with Gasteiger partial charge in [0.2, 0.25) is 0 Å². The van der Waals surface area contributed by atoms with E-state index >= 15 is 0 Å². The number of esters is 2. The predicted molar refractivity (Wildman–Crippen MR) is 96.2 cm³/mol. The maximum absolute atomic E-state index is 12.1. The summed E-state index contributed by atoms with van der Waals surface area (Å²) >= 11 is 0. The molecule has 0 aliphatic carbocycles. The molecule has 0 fully saturated rings. The van der Waals surface area contributed by atoms with Crippen LogP contribution in [0.25, 0.3) is 0 Å². The van der Waals surface area contributed by atoms with Crippen LogP contribution >= 0.6 is 0 Å². The summed E-state index contributed by atoms with van der Waals surface area (Å²) in [6.07, 6.45) is 0. The lowest BCUT2D eigenvalue weighted by Crippen LogP contribution is -2.21. The van der Waals surface area contributed by atoms with E-state index in [0.29, 0.717) is 17.2 Å². The molecule has 0 aromatic heterocycles. The first-order valence-electron chi connectivity index (χ1n) is 7.85. The van der Waals surface area contributed by atoms with Crippen molar-refractivity contribution in [1.82, 2.24) is 0 Å². The largest absolute Gasteiger partial charge is 0.497 e. The number of rotatable bonds is 7. The topological polar surface area (TPSA) is 100 Å². The smallest absolute Gasteiger partial charge is 0.338 e. The highest BCUT2D eigenvalue weighted by molar-refractivity contribution is 5.97. The lowest BCUT2D eigenvalue weighted by molar-refractivity contribution is -0.119. The number of anilines is 1. The summed E-state index contributed by atoms with van der Waals surface area (Å²) in [5, 5.41) is 2.54. The highest BCUT2D eigenvalue weighted by Crippen LogP contribution is 2.23. The fraction of sp³-hybridized carbons (Fsp3) is 0.211. The van der Waals surface area contributed by atoms with Crippen LogP contribution in [0.1, 0.15) is 20.7 Å². The molecule has 0 unspecified atom stereocenters. The number of carbonyl (C=O) groups excluding carboxylic acids is 3. The predicted octanol–water partition coefficient (Wildman–Crippen LogP) is 2.29. The van der Waals surface area contributed by atoms with Gasteiger partial charge in [-0.1, -0.05) is 6.07 Å². The van der Waals surface area contributed by atoms with Crippen molar-refractivity contribution in [3.8, 4) is 11.5 Å². The summed E-state index contributed by atoms with van der Waals surface area (Å²) in [6, 6.07) is 10.8. The Balaban J connectivity index is 1.97. The maximum atomic E-state index is 12.1. The van der Waals surface area contributed by atoms with Gasteiger partial charge in [-0.25, -0.2) is 9.59 Å². The molecule has 0 atom stereocenters. The van der Waals surface area contributed by atoms with Gasteiger partial charge in [-0.3, -0.25) is 4.79 Å². The van der Waals surface area contributed by atoms with E-state index in [1.807, 2.05) is 0 Å². The van der Waals surface area contributed by atoms with Gasteiger partial charge in [-0.05, 0) is 30.3 Å². The Bertz CT molecular complexity index is 825. The van der Waals surface area contributed by atoms with Crippen LogP contribution in [0.2, 0.25) is 0 Å². The fourth-order valence-electron chi connectivity index (χ4n) is 2.18. The fourth-order valence-corrected chi connectivity index (χ4v) is 2.18. The maximum Gasteiger partial charge on any atom is 0.338 e. The lowest BCUT2D eigenvalue weighted by atomic mass is 10.2. The van der Waals surface area contributed by atoms with Crippen LogP contribution in [-0.4, -0.2) is 45.8 Å². The molecule has 0 saturated heterocycles. The van der Waals surface area contributed by atoms with Crippen molar-refractivity contribution in [2.24, 2.45) is 0 Å². The molecule has 0 saturated carbocycles. The summed E-state index contributed by atoms with van der Waals surface area (Å²) in [4.78, 5) is 35.6. The zero-order valence-electron chi connectivity index (χ0n) is 15.1. The van der Waals surface area contributed by atoms with Crippen LogP contribution in [0.4, 0.5) is 5.69 Å². The highest BCUT2D eigenvalue weighted by atomic mass is 16.5. The lowest BCUT2D eigenvalue weighted by Gasteiger charge is -2.09. The molecule has 2 rings (SSSR count). The summed E-state index contributed by atoms with van der Waals surface area (Å²) in [6.45, 7) is -0.499. The third kappa shape index (κ3) is 5.46. The summed E-state index contributed by atoms with van der Waals surface area (Å²) in [7, 11) is 4.18. The molecule has 0 heterocycles. The van der Waals surface area contributed by atoms with Crippen molar-refractivity contribution in [3.63, 3.8) is 0 Å². The summed E-state index contributed by atoms with van der Waals surface area (Å²) in [5.74, 6) is -0.939. The molecule has 27 heavy (non-hydrogen) atoms. The minimum atomic E-state index is -0.703. The van der Waals surface area contributed by atoms with E-state index in [1.165, 1.54) is 39.5 Å². The molecular formula is C19H19NO7. The van der Waals surface area contributed by atoms with Crippen LogP contribution in [0.15, 0.2) is 42.5 Å². The van der Waals surface area contributed by atoms with E-state index in [0.717, 1.165) is 0 Å². The number of hydrogen-bond donors (Lipinski definition) is 1. The van der Waals surface area contributed by atoms with Crippen molar-refractivity contribution in [3.05, 3.63) is 53.6 Å². The van der Waals surface area contributed by atoms with E-state index in [9.17, 15) is 14.4 Å². The van der Waals surface area contributed by atoms with Gasteiger partial charge in [0.05, 0.1) is 32.5 Å². The molecule has 1 amide bonds. The van der Waals surface area contributed by atoms with Gasteiger partial charge in [-0.2, -0.15) is 0 Å². The number of nitrogens with one attached hydrogen (secondary N) is 1. The first kappa shape index (κ1) is 19.8. The molecule has 0 aliphatic rings. The Hall–Kier alpha value is -3.55. The number of carbonyl (C=O) groups is 3. The SMILES string of the molecule is COC(=O)c1cccc(NC(=O)COC(=O)c2cc(OC)cc(OC)c2)c1. The standard InChI is InChI=1S/C19H19NO7/c1-24-15-8-13(9-16(10-15)25-2)19(23)27-11-17(21)20-14-6-4-5-12(7-14)18(22)26-3/h4-10H,11H2,1-3H3,(H,20,21).